The third kappa shape index (κ3) is 3.02. The number of aromatic nitrogens is 1. The highest BCUT2D eigenvalue weighted by Crippen LogP contribution is 2.30. The van der Waals surface area contributed by atoms with Crippen molar-refractivity contribution in [3.63, 3.8) is 0 Å². The van der Waals surface area contributed by atoms with Crippen LogP contribution in [0, 0.1) is 5.92 Å². The lowest BCUT2D eigenvalue weighted by atomic mass is 10.4. The van der Waals surface area contributed by atoms with Gasteiger partial charge in [-0.05, 0) is 31.2 Å². The number of pyridine rings is 1. The topological polar surface area (TPSA) is 57.4 Å². The molecule has 1 aliphatic carbocycles. The van der Waals surface area contributed by atoms with Crippen molar-refractivity contribution in [2.75, 3.05) is 18.9 Å². The number of anilines is 1. The Morgan fingerprint density at radius 1 is 1.38 bits per heavy atom. The van der Waals surface area contributed by atoms with E-state index in [1.165, 1.54) is 12.8 Å². The van der Waals surface area contributed by atoms with Gasteiger partial charge in [-0.3, -0.25) is 0 Å². The molecule has 1 aromatic heterocycles. The van der Waals surface area contributed by atoms with Crippen molar-refractivity contribution < 1.29 is 9.47 Å². The Labute approximate surface area is 95.8 Å². The van der Waals surface area contributed by atoms with E-state index in [1.54, 1.807) is 12.1 Å². The molecule has 0 unspecified atom stereocenters. The van der Waals surface area contributed by atoms with E-state index in [0.29, 0.717) is 36.6 Å². The zero-order chi connectivity index (χ0) is 11.4. The van der Waals surface area contributed by atoms with Crippen molar-refractivity contribution in [1.82, 2.24) is 4.98 Å². The van der Waals surface area contributed by atoms with E-state index in [9.17, 15) is 0 Å². The van der Waals surface area contributed by atoms with Crippen LogP contribution in [0.3, 0.4) is 0 Å². The van der Waals surface area contributed by atoms with Gasteiger partial charge in [-0.15, -0.1) is 0 Å². The number of hydrogen-bond acceptors (Lipinski definition) is 4. The van der Waals surface area contributed by atoms with Crippen molar-refractivity contribution in [2.24, 2.45) is 5.92 Å². The van der Waals surface area contributed by atoms with Gasteiger partial charge in [0.2, 0.25) is 11.8 Å². The van der Waals surface area contributed by atoms with E-state index >= 15 is 0 Å². The maximum Gasteiger partial charge on any atom is 0.240 e. The van der Waals surface area contributed by atoms with E-state index in [4.69, 9.17) is 15.2 Å². The summed E-state index contributed by atoms with van der Waals surface area (Å²) < 4.78 is 11.0. The van der Waals surface area contributed by atoms with Crippen molar-refractivity contribution in [3.05, 3.63) is 12.1 Å². The summed E-state index contributed by atoms with van der Waals surface area (Å²) in [7, 11) is 0. The number of ether oxygens (including phenoxy) is 2. The van der Waals surface area contributed by atoms with Crippen molar-refractivity contribution in [1.29, 1.82) is 0 Å². The van der Waals surface area contributed by atoms with Crippen LogP contribution in [0.2, 0.25) is 0 Å². The minimum Gasteiger partial charge on any atom is -0.478 e. The molecule has 0 atom stereocenters. The Hall–Kier alpha value is -1.45. The Morgan fingerprint density at radius 2 is 2.19 bits per heavy atom. The largest absolute Gasteiger partial charge is 0.478 e. The molecule has 4 nitrogen and oxygen atoms in total. The Bertz CT molecular complexity index is 351. The van der Waals surface area contributed by atoms with Gasteiger partial charge in [0.05, 0.1) is 18.9 Å². The van der Waals surface area contributed by atoms with E-state index in [2.05, 4.69) is 11.9 Å². The number of rotatable bonds is 6. The highest BCUT2D eigenvalue weighted by molar-refractivity contribution is 5.49. The zero-order valence-electron chi connectivity index (χ0n) is 9.61. The minimum atomic E-state index is 0.500. The summed E-state index contributed by atoms with van der Waals surface area (Å²) in [5, 5.41) is 0. The monoisotopic (exact) mass is 222 g/mol. The summed E-state index contributed by atoms with van der Waals surface area (Å²) in [4.78, 5) is 4.24. The van der Waals surface area contributed by atoms with Crippen LogP contribution in [0.25, 0.3) is 0 Å². The number of nitrogens with zero attached hydrogens (tertiary/aromatic N) is 1. The molecule has 1 aliphatic rings. The lowest BCUT2D eigenvalue weighted by Gasteiger charge is -2.09. The normalized spacial score (nSPS) is 14.8. The van der Waals surface area contributed by atoms with Gasteiger partial charge in [0.25, 0.3) is 0 Å². The third-order valence-corrected chi connectivity index (χ3v) is 2.47. The van der Waals surface area contributed by atoms with Gasteiger partial charge in [-0.1, -0.05) is 6.92 Å². The molecule has 2 rings (SSSR count). The third-order valence-electron chi connectivity index (χ3n) is 2.47. The molecular weight excluding hydrogens is 204 g/mol. The molecule has 0 amide bonds. The maximum atomic E-state index is 5.78. The van der Waals surface area contributed by atoms with Gasteiger partial charge in [0.15, 0.2) is 0 Å². The Balaban J connectivity index is 1.96. The maximum absolute atomic E-state index is 5.78. The van der Waals surface area contributed by atoms with Crippen LogP contribution in [-0.2, 0) is 0 Å². The number of nitrogen functional groups attached to an aromatic ring is 1. The predicted molar refractivity (Wildman–Crippen MR) is 62.7 cm³/mol. The van der Waals surface area contributed by atoms with Gasteiger partial charge in [-0.25, -0.2) is 0 Å². The molecule has 4 heteroatoms. The van der Waals surface area contributed by atoms with E-state index in [-0.39, 0.29) is 0 Å². The van der Waals surface area contributed by atoms with Gasteiger partial charge in [0.1, 0.15) is 0 Å². The summed E-state index contributed by atoms with van der Waals surface area (Å²) in [5.74, 6) is 1.78. The molecule has 1 heterocycles. The average molecular weight is 222 g/mol. The highest BCUT2D eigenvalue weighted by atomic mass is 16.5. The first kappa shape index (κ1) is 11.0. The molecule has 1 fully saturated rings. The summed E-state index contributed by atoms with van der Waals surface area (Å²) in [5.41, 5.74) is 6.36. The molecule has 0 saturated heterocycles. The average Bonchev–Trinajstić information content (AvgIpc) is 3.10. The van der Waals surface area contributed by atoms with Crippen molar-refractivity contribution >= 4 is 5.69 Å². The van der Waals surface area contributed by atoms with E-state index < -0.39 is 0 Å². The van der Waals surface area contributed by atoms with Crippen LogP contribution < -0.4 is 15.2 Å². The predicted octanol–water partition coefficient (Wildman–Crippen LogP) is 2.24. The molecule has 0 aliphatic heterocycles. The van der Waals surface area contributed by atoms with Crippen LogP contribution in [0.1, 0.15) is 26.2 Å². The molecule has 0 bridgehead atoms. The first-order valence-corrected chi connectivity index (χ1v) is 5.81. The van der Waals surface area contributed by atoms with Gasteiger partial charge in [-0.2, -0.15) is 4.98 Å². The standard InChI is InChI=1S/C12H18N2O2/c1-2-7-15-11-6-5-10(13)12(14-11)16-8-9-3-4-9/h5-6,9H,2-4,7-8,13H2,1H3. The van der Waals surface area contributed by atoms with E-state index in [1.807, 2.05) is 0 Å². The molecule has 2 N–H and O–H groups in total. The van der Waals surface area contributed by atoms with Crippen molar-refractivity contribution in [3.8, 4) is 11.8 Å². The SMILES string of the molecule is CCCOc1ccc(N)c(OCC2CC2)n1. The van der Waals surface area contributed by atoms with E-state index in [0.717, 1.165) is 6.42 Å². The summed E-state index contributed by atoms with van der Waals surface area (Å²) in [6.07, 6.45) is 3.47. The van der Waals surface area contributed by atoms with Crippen LogP contribution in [-0.4, -0.2) is 18.2 Å². The molecule has 0 radical (unpaired) electrons. The Kier molecular flexibility index (Phi) is 3.49. The highest BCUT2D eigenvalue weighted by Gasteiger charge is 2.22. The van der Waals surface area contributed by atoms with Gasteiger partial charge in [0, 0.05) is 6.07 Å². The summed E-state index contributed by atoms with van der Waals surface area (Å²) in [6.45, 7) is 3.44. The smallest absolute Gasteiger partial charge is 0.240 e. The second-order valence-electron chi connectivity index (χ2n) is 4.15. The molecule has 1 saturated carbocycles. The second kappa shape index (κ2) is 5.05. The van der Waals surface area contributed by atoms with Crippen LogP contribution in [0.5, 0.6) is 11.8 Å². The molecular formula is C12H18N2O2. The fourth-order valence-electron chi connectivity index (χ4n) is 1.32. The lowest BCUT2D eigenvalue weighted by Crippen LogP contribution is -2.05. The lowest BCUT2D eigenvalue weighted by molar-refractivity contribution is 0.272. The summed E-state index contributed by atoms with van der Waals surface area (Å²) in [6, 6.07) is 3.55. The molecule has 0 aromatic carbocycles. The molecule has 1 aromatic rings. The first-order chi connectivity index (χ1) is 7.79. The fourth-order valence-corrected chi connectivity index (χ4v) is 1.32. The molecule has 16 heavy (non-hydrogen) atoms. The minimum absolute atomic E-state index is 0.500. The Morgan fingerprint density at radius 3 is 2.88 bits per heavy atom. The van der Waals surface area contributed by atoms with Gasteiger partial charge >= 0.3 is 0 Å². The van der Waals surface area contributed by atoms with Gasteiger partial charge < -0.3 is 15.2 Å². The molecule has 0 spiro atoms. The zero-order valence-corrected chi connectivity index (χ0v) is 9.61. The van der Waals surface area contributed by atoms with Crippen molar-refractivity contribution in [2.45, 2.75) is 26.2 Å². The van der Waals surface area contributed by atoms with Crippen LogP contribution in [0.15, 0.2) is 12.1 Å². The van der Waals surface area contributed by atoms with Crippen LogP contribution >= 0.6 is 0 Å². The van der Waals surface area contributed by atoms with Crippen LogP contribution in [0.4, 0.5) is 5.69 Å². The first-order valence-electron chi connectivity index (χ1n) is 5.81. The second-order valence-corrected chi connectivity index (χ2v) is 4.15. The number of hydrogen-bond donors (Lipinski definition) is 1. The molecule has 88 valence electrons. The fraction of sp³-hybridized carbons (Fsp3) is 0.583. The quantitative estimate of drug-likeness (QED) is 0.802. The summed E-state index contributed by atoms with van der Waals surface area (Å²) >= 11 is 0. The number of nitrogens with two attached hydrogens (primary N) is 1.